The van der Waals surface area contributed by atoms with E-state index in [1.165, 1.54) is 12.1 Å². The molecule has 0 bridgehead atoms. The number of alkyl halides is 1. The van der Waals surface area contributed by atoms with Gasteiger partial charge >= 0.3 is 0 Å². The first kappa shape index (κ1) is 15.6. The van der Waals surface area contributed by atoms with Crippen molar-refractivity contribution in [3.8, 4) is 17.2 Å². The Hall–Kier alpha value is -2.32. The van der Waals surface area contributed by atoms with Gasteiger partial charge < -0.3 is 0 Å². The second kappa shape index (κ2) is 6.05. The molecule has 1 saturated heterocycles. The summed E-state index contributed by atoms with van der Waals surface area (Å²) in [6, 6.07) is 10.4. The molecule has 0 saturated carbocycles. The van der Waals surface area contributed by atoms with E-state index in [-0.39, 0.29) is 11.5 Å². The first-order valence-electron chi connectivity index (χ1n) is 7.32. The molecule has 0 radical (unpaired) electrons. The van der Waals surface area contributed by atoms with Crippen LogP contribution in [0.1, 0.15) is 17.0 Å². The molecule has 3 atom stereocenters. The van der Waals surface area contributed by atoms with Gasteiger partial charge in [-0.1, -0.05) is 24.3 Å². The van der Waals surface area contributed by atoms with Gasteiger partial charge in [-0.05, 0) is 35.7 Å². The Bertz CT molecular complexity index is 742. The van der Waals surface area contributed by atoms with Crippen LogP contribution in [0.25, 0.3) is 11.1 Å². The van der Waals surface area contributed by atoms with E-state index in [0.29, 0.717) is 11.1 Å². The maximum Gasteiger partial charge on any atom is 0.134 e. The average Bonchev–Trinajstić information content (AvgIpc) is 2.48. The van der Waals surface area contributed by atoms with E-state index in [2.05, 4.69) is 11.4 Å². The predicted octanol–water partition coefficient (Wildman–Crippen LogP) is 3.86. The molecule has 2 nitrogen and oxygen atoms in total. The van der Waals surface area contributed by atoms with Crippen molar-refractivity contribution >= 4 is 0 Å². The summed E-state index contributed by atoms with van der Waals surface area (Å²) in [6.45, 7) is 1.06. The Morgan fingerprint density at radius 2 is 1.74 bits per heavy atom. The Labute approximate surface area is 132 Å². The first-order valence-corrected chi connectivity index (χ1v) is 7.32. The maximum absolute atomic E-state index is 14.0. The highest BCUT2D eigenvalue weighted by Gasteiger charge is 2.41. The molecule has 0 aromatic heterocycles. The third kappa shape index (κ3) is 2.71. The molecule has 1 N–H and O–H groups in total. The number of nitrogens with zero attached hydrogens (tertiary/aromatic N) is 1. The number of halogens is 3. The van der Waals surface area contributed by atoms with Crippen LogP contribution < -0.4 is 5.32 Å². The van der Waals surface area contributed by atoms with Crippen LogP contribution in [-0.2, 0) is 0 Å². The molecule has 2 aromatic rings. The molecule has 0 unspecified atom stereocenters. The van der Waals surface area contributed by atoms with Crippen molar-refractivity contribution < 1.29 is 13.2 Å². The van der Waals surface area contributed by atoms with E-state index in [1.54, 1.807) is 31.2 Å². The number of hydrogen-bond acceptors (Lipinski definition) is 2. The Balaban J connectivity index is 1.93. The normalized spacial score (nSPS) is 23.2. The summed E-state index contributed by atoms with van der Waals surface area (Å²) >= 11 is 0. The fraction of sp³-hybridized carbons (Fsp3) is 0.278. The standard InChI is InChI=1S/C18H15F3N2/c1-10-6-13(20)17(14(21)7-10)11-2-4-12(5-3-11)18-15(8-19)23-16(18)9-22/h2-7,15-16,18,23H,8H2,1H3/t15-,16-,18+/m0/s1. The summed E-state index contributed by atoms with van der Waals surface area (Å²) in [5, 5.41) is 11.9. The molecular weight excluding hydrogens is 301 g/mol. The van der Waals surface area contributed by atoms with Crippen LogP contribution in [0.5, 0.6) is 0 Å². The zero-order chi connectivity index (χ0) is 16.6. The van der Waals surface area contributed by atoms with Crippen LogP contribution >= 0.6 is 0 Å². The summed E-state index contributed by atoms with van der Waals surface area (Å²) in [5.41, 5.74) is 1.65. The van der Waals surface area contributed by atoms with Crippen LogP contribution in [0, 0.1) is 29.9 Å². The first-order chi connectivity index (χ1) is 11.0. The molecule has 1 fully saturated rings. The molecule has 0 aliphatic carbocycles. The Kier molecular flexibility index (Phi) is 4.10. The molecule has 23 heavy (non-hydrogen) atoms. The fourth-order valence-corrected chi connectivity index (χ4v) is 3.08. The molecule has 5 heteroatoms. The van der Waals surface area contributed by atoms with Gasteiger partial charge in [0.05, 0.1) is 11.6 Å². The molecule has 0 spiro atoms. The van der Waals surface area contributed by atoms with E-state index in [0.717, 1.165) is 5.56 Å². The third-order valence-electron chi connectivity index (χ3n) is 4.26. The van der Waals surface area contributed by atoms with Gasteiger partial charge in [0, 0.05) is 12.0 Å². The number of hydrogen-bond donors (Lipinski definition) is 1. The molecule has 1 aliphatic heterocycles. The second-order valence-electron chi connectivity index (χ2n) is 5.79. The van der Waals surface area contributed by atoms with Crippen molar-refractivity contribution in [1.29, 1.82) is 5.26 Å². The zero-order valence-electron chi connectivity index (χ0n) is 12.5. The topological polar surface area (TPSA) is 35.8 Å². The fourth-order valence-electron chi connectivity index (χ4n) is 3.08. The minimum absolute atomic E-state index is 0.0761. The van der Waals surface area contributed by atoms with E-state index in [4.69, 9.17) is 5.26 Å². The summed E-state index contributed by atoms with van der Waals surface area (Å²) in [4.78, 5) is 0. The van der Waals surface area contributed by atoms with Crippen molar-refractivity contribution in [2.45, 2.75) is 24.9 Å². The van der Waals surface area contributed by atoms with Gasteiger partial charge in [-0.15, -0.1) is 0 Å². The van der Waals surface area contributed by atoms with E-state index < -0.39 is 30.4 Å². The number of nitrogens with one attached hydrogen (secondary N) is 1. The quantitative estimate of drug-likeness (QED) is 0.933. The van der Waals surface area contributed by atoms with Gasteiger partial charge in [0.25, 0.3) is 0 Å². The van der Waals surface area contributed by atoms with Crippen LogP contribution in [0.3, 0.4) is 0 Å². The van der Waals surface area contributed by atoms with Crippen molar-refractivity contribution in [2.24, 2.45) is 0 Å². The minimum atomic E-state index is -0.614. The summed E-state index contributed by atoms with van der Waals surface area (Å²) in [6.07, 6.45) is 0. The van der Waals surface area contributed by atoms with Crippen molar-refractivity contribution in [3.63, 3.8) is 0 Å². The molecule has 3 rings (SSSR count). The van der Waals surface area contributed by atoms with E-state index in [1.807, 2.05) is 0 Å². The third-order valence-corrected chi connectivity index (χ3v) is 4.26. The predicted molar refractivity (Wildman–Crippen MR) is 81.6 cm³/mol. The molecule has 0 amide bonds. The van der Waals surface area contributed by atoms with Gasteiger partial charge in [0.15, 0.2) is 0 Å². The lowest BCUT2D eigenvalue weighted by Gasteiger charge is -2.41. The molecule has 1 heterocycles. The summed E-state index contributed by atoms with van der Waals surface area (Å²) < 4.78 is 40.9. The molecular formula is C18H15F3N2. The summed E-state index contributed by atoms with van der Waals surface area (Å²) in [5.74, 6) is -1.47. The van der Waals surface area contributed by atoms with Crippen LogP contribution in [0.4, 0.5) is 13.2 Å². The average molecular weight is 316 g/mol. The van der Waals surface area contributed by atoms with Crippen LogP contribution in [-0.4, -0.2) is 18.8 Å². The lowest BCUT2D eigenvalue weighted by molar-refractivity contribution is 0.210. The monoisotopic (exact) mass is 316 g/mol. The second-order valence-corrected chi connectivity index (χ2v) is 5.79. The highest BCUT2D eigenvalue weighted by atomic mass is 19.1. The Morgan fingerprint density at radius 1 is 1.13 bits per heavy atom. The number of rotatable bonds is 3. The molecule has 118 valence electrons. The van der Waals surface area contributed by atoms with Crippen molar-refractivity contribution in [3.05, 3.63) is 59.2 Å². The van der Waals surface area contributed by atoms with Gasteiger partial charge in [0.1, 0.15) is 24.4 Å². The zero-order valence-corrected chi connectivity index (χ0v) is 12.5. The van der Waals surface area contributed by atoms with Gasteiger partial charge in [0.2, 0.25) is 0 Å². The SMILES string of the molecule is Cc1cc(F)c(-c2ccc([C@H]3[C@H](C#N)N[C@H]3CF)cc2)c(F)c1. The highest BCUT2D eigenvalue weighted by molar-refractivity contribution is 5.65. The maximum atomic E-state index is 14.0. The lowest BCUT2D eigenvalue weighted by Crippen LogP contribution is -2.59. The van der Waals surface area contributed by atoms with Gasteiger partial charge in [-0.3, -0.25) is 5.32 Å². The van der Waals surface area contributed by atoms with Crippen LogP contribution in [0.15, 0.2) is 36.4 Å². The Morgan fingerprint density at radius 3 is 2.26 bits per heavy atom. The minimum Gasteiger partial charge on any atom is -0.295 e. The van der Waals surface area contributed by atoms with Crippen molar-refractivity contribution in [2.75, 3.05) is 6.67 Å². The number of aryl methyl sites for hydroxylation is 1. The van der Waals surface area contributed by atoms with Crippen LogP contribution in [0.2, 0.25) is 0 Å². The smallest absolute Gasteiger partial charge is 0.134 e. The van der Waals surface area contributed by atoms with Gasteiger partial charge in [-0.2, -0.15) is 5.26 Å². The summed E-state index contributed by atoms with van der Waals surface area (Å²) in [7, 11) is 0. The molecule has 2 aromatic carbocycles. The largest absolute Gasteiger partial charge is 0.295 e. The van der Waals surface area contributed by atoms with E-state index >= 15 is 0 Å². The number of nitriles is 1. The van der Waals surface area contributed by atoms with Crippen molar-refractivity contribution in [1.82, 2.24) is 5.32 Å². The van der Waals surface area contributed by atoms with Gasteiger partial charge in [-0.25, -0.2) is 13.2 Å². The number of benzene rings is 2. The molecule has 1 aliphatic rings. The van der Waals surface area contributed by atoms with E-state index in [9.17, 15) is 13.2 Å². The lowest BCUT2D eigenvalue weighted by atomic mass is 9.78. The highest BCUT2D eigenvalue weighted by Crippen LogP contribution is 2.34.